The summed E-state index contributed by atoms with van der Waals surface area (Å²) in [7, 11) is 0. The van der Waals surface area contributed by atoms with E-state index in [-0.39, 0.29) is 0 Å². The number of nitrogens with one attached hydrogen (secondary N) is 2. The van der Waals surface area contributed by atoms with Gasteiger partial charge in [-0.2, -0.15) is 4.98 Å². The second-order valence-corrected chi connectivity index (χ2v) is 6.05. The number of hydrogen-bond acceptors (Lipinski definition) is 4. The molecule has 1 heterocycles. The van der Waals surface area contributed by atoms with Crippen LogP contribution in [0.5, 0.6) is 0 Å². The minimum atomic E-state index is 0.568. The SMILES string of the molecule is Cc1ccc(Nc2nccc(NCc3ccccc3)n2)cc1Br. The summed E-state index contributed by atoms with van der Waals surface area (Å²) in [5.74, 6) is 1.36. The first-order valence-electron chi connectivity index (χ1n) is 7.35. The van der Waals surface area contributed by atoms with Crippen molar-refractivity contribution >= 4 is 33.4 Å². The van der Waals surface area contributed by atoms with Crippen LogP contribution < -0.4 is 10.6 Å². The molecule has 3 rings (SSSR count). The Morgan fingerprint density at radius 3 is 2.65 bits per heavy atom. The summed E-state index contributed by atoms with van der Waals surface area (Å²) in [5, 5.41) is 6.53. The number of hydrogen-bond donors (Lipinski definition) is 2. The van der Waals surface area contributed by atoms with Crippen LogP contribution in [-0.4, -0.2) is 9.97 Å². The molecule has 0 saturated heterocycles. The van der Waals surface area contributed by atoms with Crippen molar-refractivity contribution in [2.45, 2.75) is 13.5 Å². The van der Waals surface area contributed by atoms with Gasteiger partial charge in [0.2, 0.25) is 5.95 Å². The first-order chi connectivity index (χ1) is 11.2. The number of halogens is 1. The van der Waals surface area contributed by atoms with E-state index in [1.165, 1.54) is 11.1 Å². The number of benzene rings is 2. The van der Waals surface area contributed by atoms with Crippen LogP contribution in [0.2, 0.25) is 0 Å². The first-order valence-corrected chi connectivity index (χ1v) is 8.14. The number of nitrogens with zero attached hydrogens (tertiary/aromatic N) is 2. The molecule has 0 radical (unpaired) electrons. The Bertz CT molecular complexity index is 790. The summed E-state index contributed by atoms with van der Waals surface area (Å²) < 4.78 is 1.06. The number of aryl methyl sites for hydroxylation is 1. The Morgan fingerprint density at radius 2 is 1.87 bits per heavy atom. The summed E-state index contributed by atoms with van der Waals surface area (Å²) in [6.45, 7) is 2.78. The van der Waals surface area contributed by atoms with Crippen molar-refractivity contribution in [1.82, 2.24) is 9.97 Å². The number of aromatic nitrogens is 2. The molecule has 2 N–H and O–H groups in total. The van der Waals surface area contributed by atoms with Crippen molar-refractivity contribution in [3.05, 3.63) is 76.4 Å². The standard InChI is InChI=1S/C18H17BrN4/c1-13-7-8-15(11-16(13)19)22-18-20-10-9-17(23-18)21-12-14-5-3-2-4-6-14/h2-11H,12H2,1H3,(H2,20,21,22,23). The zero-order valence-electron chi connectivity index (χ0n) is 12.8. The highest BCUT2D eigenvalue weighted by molar-refractivity contribution is 9.10. The highest BCUT2D eigenvalue weighted by Crippen LogP contribution is 2.22. The number of anilines is 3. The molecule has 3 aromatic rings. The van der Waals surface area contributed by atoms with E-state index in [4.69, 9.17) is 0 Å². The highest BCUT2D eigenvalue weighted by Gasteiger charge is 2.02. The second-order valence-electron chi connectivity index (χ2n) is 5.19. The van der Waals surface area contributed by atoms with Crippen LogP contribution in [0.1, 0.15) is 11.1 Å². The summed E-state index contributed by atoms with van der Waals surface area (Å²) in [6, 6.07) is 18.2. The smallest absolute Gasteiger partial charge is 0.229 e. The van der Waals surface area contributed by atoms with Gasteiger partial charge in [-0.15, -0.1) is 0 Å². The van der Waals surface area contributed by atoms with Gasteiger partial charge in [-0.3, -0.25) is 0 Å². The molecule has 23 heavy (non-hydrogen) atoms. The fourth-order valence-electron chi connectivity index (χ4n) is 2.11. The molecule has 4 nitrogen and oxygen atoms in total. The molecule has 0 aliphatic carbocycles. The summed E-state index contributed by atoms with van der Waals surface area (Å²) in [6.07, 6.45) is 1.74. The van der Waals surface area contributed by atoms with E-state index in [9.17, 15) is 0 Å². The van der Waals surface area contributed by atoms with Crippen molar-refractivity contribution in [2.24, 2.45) is 0 Å². The van der Waals surface area contributed by atoms with Gasteiger partial charge in [-0.05, 0) is 36.2 Å². The molecule has 0 unspecified atom stereocenters. The molecular formula is C18H17BrN4. The van der Waals surface area contributed by atoms with Crippen LogP contribution in [-0.2, 0) is 6.54 Å². The lowest BCUT2D eigenvalue weighted by molar-refractivity contribution is 1.08. The summed E-state index contributed by atoms with van der Waals surface area (Å²) >= 11 is 3.53. The lowest BCUT2D eigenvalue weighted by Gasteiger charge is -2.09. The van der Waals surface area contributed by atoms with E-state index in [1.807, 2.05) is 42.5 Å². The Hall–Kier alpha value is -2.40. The van der Waals surface area contributed by atoms with Crippen LogP contribution in [0, 0.1) is 6.92 Å². The molecule has 0 amide bonds. The molecule has 0 aliphatic heterocycles. The van der Waals surface area contributed by atoms with Gasteiger partial charge < -0.3 is 10.6 Å². The topological polar surface area (TPSA) is 49.8 Å². The molecule has 0 spiro atoms. The lowest BCUT2D eigenvalue weighted by Crippen LogP contribution is -2.04. The molecule has 0 atom stereocenters. The fourth-order valence-corrected chi connectivity index (χ4v) is 2.48. The van der Waals surface area contributed by atoms with E-state index in [0.29, 0.717) is 5.95 Å². The molecule has 5 heteroatoms. The average Bonchev–Trinajstić information content (AvgIpc) is 2.58. The van der Waals surface area contributed by atoms with E-state index in [2.05, 4.69) is 55.6 Å². The number of rotatable bonds is 5. The maximum absolute atomic E-state index is 4.49. The molecule has 1 aromatic heterocycles. The van der Waals surface area contributed by atoms with Crippen molar-refractivity contribution in [1.29, 1.82) is 0 Å². The van der Waals surface area contributed by atoms with Gasteiger partial charge in [0, 0.05) is 22.9 Å². The maximum atomic E-state index is 4.49. The molecule has 0 fully saturated rings. The Balaban J connectivity index is 1.68. The normalized spacial score (nSPS) is 10.3. The zero-order valence-corrected chi connectivity index (χ0v) is 14.3. The van der Waals surface area contributed by atoms with Crippen molar-refractivity contribution in [3.8, 4) is 0 Å². The van der Waals surface area contributed by atoms with Gasteiger partial charge in [0.25, 0.3) is 0 Å². The summed E-state index contributed by atoms with van der Waals surface area (Å²) in [5.41, 5.74) is 3.35. The third-order valence-electron chi connectivity index (χ3n) is 3.40. The van der Waals surface area contributed by atoms with E-state index >= 15 is 0 Å². The van der Waals surface area contributed by atoms with Crippen LogP contribution in [0.15, 0.2) is 65.3 Å². The minimum absolute atomic E-state index is 0.568. The Labute approximate surface area is 144 Å². The monoisotopic (exact) mass is 368 g/mol. The third kappa shape index (κ3) is 4.29. The molecule has 0 bridgehead atoms. The van der Waals surface area contributed by atoms with Crippen LogP contribution in [0.4, 0.5) is 17.5 Å². The van der Waals surface area contributed by atoms with E-state index in [0.717, 1.165) is 22.5 Å². The molecular weight excluding hydrogens is 352 g/mol. The van der Waals surface area contributed by atoms with Gasteiger partial charge in [-0.1, -0.05) is 52.3 Å². The molecule has 116 valence electrons. The van der Waals surface area contributed by atoms with Crippen molar-refractivity contribution in [2.75, 3.05) is 10.6 Å². The molecule has 0 saturated carbocycles. The zero-order chi connectivity index (χ0) is 16.1. The quantitative estimate of drug-likeness (QED) is 0.672. The second kappa shape index (κ2) is 7.24. The highest BCUT2D eigenvalue weighted by atomic mass is 79.9. The minimum Gasteiger partial charge on any atom is -0.366 e. The van der Waals surface area contributed by atoms with Gasteiger partial charge in [0.05, 0.1) is 0 Å². The molecule has 2 aromatic carbocycles. The average molecular weight is 369 g/mol. The Morgan fingerprint density at radius 1 is 1.04 bits per heavy atom. The van der Waals surface area contributed by atoms with Gasteiger partial charge in [0.15, 0.2) is 0 Å². The van der Waals surface area contributed by atoms with Crippen LogP contribution >= 0.6 is 15.9 Å². The van der Waals surface area contributed by atoms with Gasteiger partial charge >= 0.3 is 0 Å². The van der Waals surface area contributed by atoms with Crippen LogP contribution in [0.3, 0.4) is 0 Å². The lowest BCUT2D eigenvalue weighted by atomic mass is 10.2. The van der Waals surface area contributed by atoms with Gasteiger partial charge in [0.1, 0.15) is 5.82 Å². The van der Waals surface area contributed by atoms with Crippen molar-refractivity contribution < 1.29 is 0 Å². The fraction of sp³-hybridized carbons (Fsp3) is 0.111. The largest absolute Gasteiger partial charge is 0.366 e. The molecule has 0 aliphatic rings. The third-order valence-corrected chi connectivity index (χ3v) is 4.25. The van der Waals surface area contributed by atoms with Crippen molar-refractivity contribution in [3.63, 3.8) is 0 Å². The van der Waals surface area contributed by atoms with Gasteiger partial charge in [-0.25, -0.2) is 4.98 Å². The maximum Gasteiger partial charge on any atom is 0.229 e. The van der Waals surface area contributed by atoms with E-state index < -0.39 is 0 Å². The predicted molar refractivity (Wildman–Crippen MR) is 98.0 cm³/mol. The Kier molecular flexibility index (Phi) is 4.88. The summed E-state index contributed by atoms with van der Waals surface area (Å²) in [4.78, 5) is 8.75. The first kappa shape index (κ1) is 15.5. The van der Waals surface area contributed by atoms with E-state index in [1.54, 1.807) is 6.20 Å². The predicted octanol–water partition coefficient (Wildman–Crippen LogP) is 4.90. The van der Waals surface area contributed by atoms with Crippen LogP contribution in [0.25, 0.3) is 0 Å².